The first-order valence-corrected chi connectivity index (χ1v) is 6.09. The summed E-state index contributed by atoms with van der Waals surface area (Å²) in [6.07, 6.45) is -0.954. The van der Waals surface area contributed by atoms with Gasteiger partial charge in [-0.2, -0.15) is 0 Å². The first-order chi connectivity index (χ1) is 6.52. The Kier molecular flexibility index (Phi) is 41.0. The fourth-order valence-corrected chi connectivity index (χ4v) is 1.16. The Hall–Kier alpha value is 4.14. The van der Waals surface area contributed by atoms with Gasteiger partial charge in [0.05, 0.1) is 28.9 Å². The molecule has 0 saturated heterocycles. The minimum absolute atomic E-state index is 0. The third kappa shape index (κ3) is 44.9. The maximum absolute atomic E-state index is 9.32. The summed E-state index contributed by atoms with van der Waals surface area (Å²) in [6.45, 7) is -0.729. The average molecular weight is 358 g/mol. The number of aliphatic hydroxyl groups is 3. The SMILES string of the molecule is O=P([O-])([O-])OP(=O)([O-])[O-].OCC(O)CO.[Na+].[Na+].[Na+].[Na+]. The molecule has 19 heavy (non-hydrogen) atoms. The van der Waals surface area contributed by atoms with Crippen LogP contribution in [0.2, 0.25) is 0 Å². The number of rotatable bonds is 4. The van der Waals surface area contributed by atoms with Crippen molar-refractivity contribution >= 4 is 15.6 Å². The Morgan fingerprint density at radius 1 is 0.842 bits per heavy atom. The molecular formula is C3H8Na4O10P2. The van der Waals surface area contributed by atoms with Crippen molar-refractivity contribution in [1.82, 2.24) is 0 Å². The third-order valence-electron chi connectivity index (χ3n) is 0.621. The summed E-state index contributed by atoms with van der Waals surface area (Å²) in [4.78, 5) is 37.3. The molecule has 94 valence electrons. The Morgan fingerprint density at radius 2 is 1.05 bits per heavy atom. The van der Waals surface area contributed by atoms with E-state index in [9.17, 15) is 28.7 Å². The zero-order valence-corrected chi connectivity index (χ0v) is 20.9. The molecular weight excluding hydrogens is 350 g/mol. The standard InChI is InChI=1S/C3H8O3.4Na.H4O7P2/c4-1-3(6)2-5;;;;;1-8(2,3)7-9(4,5)6/h3-6H,1-2H2;;;;;(H2,1,2,3)(H2,4,5,6)/q;4*+1;/p-4. The normalized spacial score (nSPS) is 9.68. The number of aliphatic hydroxyl groups excluding tert-OH is 3. The van der Waals surface area contributed by atoms with Crippen LogP contribution in [-0.4, -0.2) is 34.6 Å². The Labute approximate surface area is 198 Å². The number of hydrogen-bond donors (Lipinski definition) is 3. The Bertz CT molecular complexity index is 229. The molecule has 0 aliphatic rings. The van der Waals surface area contributed by atoms with Crippen LogP contribution in [0, 0.1) is 0 Å². The number of hydrogen-bond acceptors (Lipinski definition) is 10. The van der Waals surface area contributed by atoms with E-state index in [0.717, 1.165) is 0 Å². The first kappa shape index (κ1) is 38.6. The zero-order chi connectivity index (χ0) is 12.7. The predicted molar refractivity (Wildman–Crippen MR) is 36.5 cm³/mol. The zero-order valence-electron chi connectivity index (χ0n) is 11.1. The van der Waals surface area contributed by atoms with Gasteiger partial charge >= 0.3 is 118 Å². The molecule has 0 aromatic carbocycles. The van der Waals surface area contributed by atoms with Crippen molar-refractivity contribution in [2.24, 2.45) is 0 Å². The van der Waals surface area contributed by atoms with Crippen LogP contribution in [0.5, 0.6) is 0 Å². The molecule has 10 nitrogen and oxygen atoms in total. The minimum atomic E-state index is -5.68. The third-order valence-corrected chi connectivity index (χ3v) is 2.22. The molecule has 0 heterocycles. The Morgan fingerprint density at radius 3 is 1.05 bits per heavy atom. The molecule has 3 N–H and O–H groups in total. The summed E-state index contributed by atoms with van der Waals surface area (Å²) in [5, 5.41) is 24.0. The van der Waals surface area contributed by atoms with Gasteiger partial charge in [0.1, 0.15) is 6.10 Å². The van der Waals surface area contributed by atoms with E-state index < -0.39 is 21.7 Å². The van der Waals surface area contributed by atoms with Crippen LogP contribution < -0.4 is 138 Å². The van der Waals surface area contributed by atoms with E-state index in [4.69, 9.17) is 15.3 Å². The van der Waals surface area contributed by atoms with Crippen LogP contribution in [-0.2, 0) is 13.4 Å². The van der Waals surface area contributed by atoms with Crippen LogP contribution in [0.4, 0.5) is 0 Å². The second-order valence-electron chi connectivity index (χ2n) is 2.00. The molecule has 0 unspecified atom stereocenters. The maximum Gasteiger partial charge on any atom is 1.00 e. The van der Waals surface area contributed by atoms with E-state index in [-0.39, 0.29) is 131 Å². The molecule has 0 spiro atoms. The van der Waals surface area contributed by atoms with Crippen molar-refractivity contribution in [2.45, 2.75) is 6.10 Å². The monoisotopic (exact) mass is 358 g/mol. The fraction of sp³-hybridized carbons (Fsp3) is 1.00. The van der Waals surface area contributed by atoms with Gasteiger partial charge in [-0.15, -0.1) is 0 Å². The van der Waals surface area contributed by atoms with E-state index in [1.807, 2.05) is 0 Å². The molecule has 0 aliphatic heterocycles. The molecule has 0 atom stereocenters. The molecule has 0 amide bonds. The molecule has 0 bridgehead atoms. The van der Waals surface area contributed by atoms with Crippen molar-refractivity contribution in [3.05, 3.63) is 0 Å². The summed E-state index contributed by atoms with van der Waals surface area (Å²) < 4.78 is 21.2. The molecule has 16 heteroatoms. The fourth-order valence-electron chi connectivity index (χ4n) is 0.180. The van der Waals surface area contributed by atoms with Gasteiger partial charge in [0.2, 0.25) is 0 Å². The summed E-state index contributed by atoms with van der Waals surface area (Å²) in [6, 6.07) is 0. The average Bonchev–Trinajstić information content (AvgIpc) is 1.97. The van der Waals surface area contributed by atoms with Gasteiger partial charge in [-0.05, 0) is 0 Å². The van der Waals surface area contributed by atoms with E-state index in [1.165, 1.54) is 0 Å². The van der Waals surface area contributed by atoms with Gasteiger partial charge in [-0.1, -0.05) is 0 Å². The second-order valence-corrected chi connectivity index (χ2v) is 4.44. The largest absolute Gasteiger partial charge is 1.00 e. The van der Waals surface area contributed by atoms with Crippen LogP contribution >= 0.6 is 15.6 Å². The van der Waals surface area contributed by atoms with Gasteiger partial charge in [0, 0.05) is 0 Å². The summed E-state index contributed by atoms with van der Waals surface area (Å²) in [5.74, 6) is 0. The second kappa shape index (κ2) is 20.2. The van der Waals surface area contributed by atoms with Crippen molar-refractivity contribution in [3.8, 4) is 0 Å². The van der Waals surface area contributed by atoms with E-state index >= 15 is 0 Å². The van der Waals surface area contributed by atoms with Crippen molar-refractivity contribution in [2.75, 3.05) is 13.2 Å². The molecule has 0 radical (unpaired) electrons. The van der Waals surface area contributed by atoms with Crippen LogP contribution in [0.25, 0.3) is 0 Å². The van der Waals surface area contributed by atoms with E-state index in [0.29, 0.717) is 0 Å². The van der Waals surface area contributed by atoms with E-state index in [2.05, 4.69) is 4.31 Å². The van der Waals surface area contributed by atoms with Crippen LogP contribution in [0.3, 0.4) is 0 Å². The van der Waals surface area contributed by atoms with Crippen molar-refractivity contribution in [3.63, 3.8) is 0 Å². The minimum Gasteiger partial charge on any atom is -0.790 e. The summed E-state index contributed by atoms with van der Waals surface area (Å²) in [5.41, 5.74) is 0. The molecule has 0 fully saturated rings. The van der Waals surface area contributed by atoms with Gasteiger partial charge < -0.3 is 48.3 Å². The van der Waals surface area contributed by atoms with Gasteiger partial charge in [-0.25, -0.2) is 0 Å². The van der Waals surface area contributed by atoms with Crippen molar-refractivity contribution in [1.29, 1.82) is 0 Å². The maximum atomic E-state index is 9.32. The number of phosphoric acid groups is 2. The van der Waals surface area contributed by atoms with Gasteiger partial charge in [0.25, 0.3) is 0 Å². The molecule has 0 rings (SSSR count). The Balaban J connectivity index is -0.0000000385. The molecule has 0 aromatic rings. The molecule has 0 aliphatic carbocycles. The van der Waals surface area contributed by atoms with Gasteiger partial charge in [0.15, 0.2) is 0 Å². The van der Waals surface area contributed by atoms with Crippen LogP contribution in [0.15, 0.2) is 0 Å². The molecule has 0 saturated carbocycles. The topological polar surface area (TPSA) is 196 Å². The van der Waals surface area contributed by atoms with Crippen LogP contribution in [0.1, 0.15) is 0 Å². The summed E-state index contributed by atoms with van der Waals surface area (Å²) in [7, 11) is -11.4. The molecule has 0 aromatic heterocycles. The van der Waals surface area contributed by atoms with Crippen molar-refractivity contribution < 1.29 is 167 Å². The van der Waals surface area contributed by atoms with Gasteiger partial charge in [-0.3, -0.25) is 0 Å². The predicted octanol–water partition coefficient (Wildman–Crippen LogP) is -17.0. The quantitative estimate of drug-likeness (QED) is 0.320. The summed E-state index contributed by atoms with van der Waals surface area (Å²) >= 11 is 0. The first-order valence-electron chi connectivity index (χ1n) is 3.17. The smallest absolute Gasteiger partial charge is 0.790 e. The van der Waals surface area contributed by atoms with E-state index in [1.54, 1.807) is 0 Å².